The van der Waals surface area contributed by atoms with Crippen molar-refractivity contribution in [3.05, 3.63) is 79.3 Å². The van der Waals surface area contributed by atoms with Crippen molar-refractivity contribution in [2.45, 2.75) is 0 Å². The van der Waals surface area contributed by atoms with Gasteiger partial charge < -0.3 is 16.2 Å². The van der Waals surface area contributed by atoms with Crippen molar-refractivity contribution in [3.63, 3.8) is 0 Å². The monoisotopic (exact) mass is 333 g/mol. The first-order chi connectivity index (χ1) is 12.2. The maximum atomic E-state index is 9.45. The van der Waals surface area contributed by atoms with Crippen molar-refractivity contribution in [3.8, 4) is 16.9 Å². The van der Waals surface area contributed by atoms with Crippen LogP contribution in [-0.4, -0.2) is 26.2 Å². The Balaban J connectivity index is 1.89. The predicted octanol–water partition coefficient (Wildman–Crippen LogP) is 3.10. The number of hydrogen-bond donors (Lipinski definition) is 3. The molecule has 0 bridgehead atoms. The van der Waals surface area contributed by atoms with Gasteiger partial charge in [0.1, 0.15) is 11.6 Å². The van der Waals surface area contributed by atoms with E-state index >= 15 is 0 Å². The number of fused-ring (bicyclic) bond motifs is 1. The molecule has 0 aliphatic heterocycles. The molecule has 0 fully saturated rings. The molecule has 3 rings (SSSR count). The minimum Gasteiger partial charge on any atom is -0.508 e. The van der Waals surface area contributed by atoms with Crippen molar-refractivity contribution < 1.29 is 5.11 Å². The molecule has 0 amide bonds. The number of benzene rings is 1. The van der Waals surface area contributed by atoms with Gasteiger partial charge in [-0.3, -0.25) is 0 Å². The third-order valence-corrected chi connectivity index (χ3v) is 3.66. The van der Waals surface area contributed by atoms with Gasteiger partial charge in [-0.15, -0.1) is 0 Å². The third-order valence-electron chi connectivity index (χ3n) is 3.66. The SMILES string of the molecule is C=C/C=C(\C=C/N)CNc1ccn2ncc(-c3ccc(O)cc3)c2n1. The number of phenols is 1. The lowest BCUT2D eigenvalue weighted by Crippen LogP contribution is -2.06. The highest BCUT2D eigenvalue weighted by Crippen LogP contribution is 2.25. The van der Waals surface area contributed by atoms with E-state index in [1.165, 1.54) is 6.20 Å². The summed E-state index contributed by atoms with van der Waals surface area (Å²) in [4.78, 5) is 4.64. The standard InChI is InChI=1S/C19H19N5O/c1-2-3-14(8-10-20)12-21-18-9-11-24-19(23-18)17(13-22-24)15-4-6-16(25)7-5-15/h2-11,13,25H,1,12,20H2,(H,21,23)/b10-8-,14-3+. The van der Waals surface area contributed by atoms with E-state index in [1.54, 1.807) is 28.9 Å². The lowest BCUT2D eigenvalue weighted by Gasteiger charge is -2.07. The molecule has 6 heteroatoms. The molecule has 0 saturated carbocycles. The molecule has 3 aromatic rings. The van der Waals surface area contributed by atoms with E-state index in [0.29, 0.717) is 6.54 Å². The second-order valence-electron chi connectivity index (χ2n) is 5.38. The van der Waals surface area contributed by atoms with E-state index in [2.05, 4.69) is 22.0 Å². The Bertz CT molecular complexity index is 938. The molecule has 0 aliphatic carbocycles. The Labute approximate surface area is 145 Å². The first-order valence-corrected chi connectivity index (χ1v) is 7.79. The molecule has 25 heavy (non-hydrogen) atoms. The van der Waals surface area contributed by atoms with Crippen molar-refractivity contribution in [1.82, 2.24) is 14.6 Å². The number of rotatable bonds is 6. The topological polar surface area (TPSA) is 88.5 Å². The van der Waals surface area contributed by atoms with Crippen LogP contribution in [0.2, 0.25) is 0 Å². The van der Waals surface area contributed by atoms with E-state index in [9.17, 15) is 5.11 Å². The van der Waals surface area contributed by atoms with Crippen LogP contribution in [0.4, 0.5) is 5.82 Å². The van der Waals surface area contributed by atoms with Gasteiger partial charge in [-0.25, -0.2) is 9.50 Å². The van der Waals surface area contributed by atoms with Gasteiger partial charge in [-0.2, -0.15) is 5.10 Å². The predicted molar refractivity (Wildman–Crippen MR) is 100 cm³/mol. The maximum Gasteiger partial charge on any atom is 0.165 e. The first-order valence-electron chi connectivity index (χ1n) is 7.79. The van der Waals surface area contributed by atoms with Crippen LogP contribution < -0.4 is 11.1 Å². The number of hydrogen-bond acceptors (Lipinski definition) is 5. The molecule has 2 aromatic heterocycles. The molecule has 4 N–H and O–H groups in total. The van der Waals surface area contributed by atoms with Gasteiger partial charge in [0.05, 0.1) is 6.20 Å². The van der Waals surface area contributed by atoms with Crippen LogP contribution in [0.5, 0.6) is 5.75 Å². The average Bonchev–Trinajstić information content (AvgIpc) is 3.04. The van der Waals surface area contributed by atoms with Gasteiger partial charge in [0, 0.05) is 18.3 Å². The van der Waals surface area contributed by atoms with Crippen molar-refractivity contribution in [2.24, 2.45) is 5.73 Å². The smallest absolute Gasteiger partial charge is 0.165 e. The van der Waals surface area contributed by atoms with Gasteiger partial charge in [0.2, 0.25) is 0 Å². The zero-order valence-electron chi connectivity index (χ0n) is 13.6. The molecular weight excluding hydrogens is 314 g/mol. The molecule has 0 unspecified atom stereocenters. The summed E-state index contributed by atoms with van der Waals surface area (Å²) in [6.45, 7) is 4.27. The van der Waals surface area contributed by atoms with Crippen LogP contribution in [-0.2, 0) is 0 Å². The zero-order chi connectivity index (χ0) is 17.6. The lowest BCUT2D eigenvalue weighted by atomic mass is 10.1. The Morgan fingerprint density at radius 3 is 2.80 bits per heavy atom. The molecular formula is C19H19N5O. The zero-order valence-corrected chi connectivity index (χ0v) is 13.6. The summed E-state index contributed by atoms with van der Waals surface area (Å²) in [5.41, 5.74) is 9.02. The molecule has 126 valence electrons. The normalized spacial score (nSPS) is 11.9. The Morgan fingerprint density at radius 1 is 1.28 bits per heavy atom. The van der Waals surface area contributed by atoms with Crippen molar-refractivity contribution in [2.75, 3.05) is 11.9 Å². The molecule has 0 saturated heterocycles. The summed E-state index contributed by atoms with van der Waals surface area (Å²) < 4.78 is 1.72. The summed E-state index contributed by atoms with van der Waals surface area (Å²) in [7, 11) is 0. The molecule has 0 radical (unpaired) electrons. The van der Waals surface area contributed by atoms with E-state index in [0.717, 1.165) is 28.2 Å². The highest BCUT2D eigenvalue weighted by molar-refractivity contribution is 5.77. The molecule has 6 nitrogen and oxygen atoms in total. The largest absolute Gasteiger partial charge is 0.508 e. The fourth-order valence-corrected chi connectivity index (χ4v) is 2.45. The van der Waals surface area contributed by atoms with Gasteiger partial charge in [0.25, 0.3) is 0 Å². The molecule has 0 aliphatic rings. The van der Waals surface area contributed by atoms with Crippen LogP contribution in [0.15, 0.2) is 79.3 Å². The highest BCUT2D eigenvalue weighted by Gasteiger charge is 2.09. The second-order valence-corrected chi connectivity index (χ2v) is 5.38. The highest BCUT2D eigenvalue weighted by atomic mass is 16.3. The van der Waals surface area contributed by atoms with Crippen LogP contribution in [0.1, 0.15) is 0 Å². The van der Waals surface area contributed by atoms with E-state index in [4.69, 9.17) is 5.73 Å². The molecule has 0 spiro atoms. The van der Waals surface area contributed by atoms with E-state index in [-0.39, 0.29) is 5.75 Å². The number of aromatic hydroxyl groups is 1. The fraction of sp³-hybridized carbons (Fsp3) is 0.0526. The second kappa shape index (κ2) is 7.35. The van der Waals surface area contributed by atoms with Gasteiger partial charge in [0.15, 0.2) is 5.65 Å². The minimum absolute atomic E-state index is 0.227. The molecule has 1 aromatic carbocycles. The summed E-state index contributed by atoms with van der Waals surface area (Å²) in [5, 5.41) is 17.0. The molecule has 2 heterocycles. The number of anilines is 1. The van der Waals surface area contributed by atoms with Crippen LogP contribution in [0.25, 0.3) is 16.8 Å². The van der Waals surface area contributed by atoms with E-state index in [1.807, 2.05) is 36.5 Å². The summed E-state index contributed by atoms with van der Waals surface area (Å²) >= 11 is 0. The van der Waals surface area contributed by atoms with Crippen molar-refractivity contribution >= 4 is 11.5 Å². The Kier molecular flexibility index (Phi) is 4.80. The minimum atomic E-state index is 0.227. The lowest BCUT2D eigenvalue weighted by molar-refractivity contribution is 0.475. The molecule has 0 atom stereocenters. The summed E-state index contributed by atoms with van der Waals surface area (Å²) in [5.74, 6) is 0.957. The van der Waals surface area contributed by atoms with Crippen LogP contribution >= 0.6 is 0 Å². The number of nitrogens with one attached hydrogen (secondary N) is 1. The van der Waals surface area contributed by atoms with Crippen LogP contribution in [0, 0.1) is 0 Å². The van der Waals surface area contributed by atoms with Gasteiger partial charge in [-0.05, 0) is 41.6 Å². The fourth-order valence-electron chi connectivity index (χ4n) is 2.45. The summed E-state index contributed by atoms with van der Waals surface area (Å²) in [6.07, 6.45) is 10.5. The van der Waals surface area contributed by atoms with Gasteiger partial charge in [-0.1, -0.05) is 30.9 Å². The number of phenolic OH excluding ortho intramolecular Hbond substituents is 1. The van der Waals surface area contributed by atoms with Crippen molar-refractivity contribution in [1.29, 1.82) is 0 Å². The first kappa shape index (κ1) is 16.3. The Hall–Kier alpha value is -3.54. The average molecular weight is 333 g/mol. The number of aromatic nitrogens is 3. The van der Waals surface area contributed by atoms with Crippen LogP contribution in [0.3, 0.4) is 0 Å². The third kappa shape index (κ3) is 3.69. The van der Waals surface area contributed by atoms with Gasteiger partial charge >= 0.3 is 0 Å². The number of allylic oxidation sites excluding steroid dienone is 2. The maximum absolute atomic E-state index is 9.45. The number of nitrogens with two attached hydrogens (primary N) is 1. The summed E-state index contributed by atoms with van der Waals surface area (Å²) in [6, 6.07) is 8.83. The number of nitrogens with zero attached hydrogens (tertiary/aromatic N) is 3. The van der Waals surface area contributed by atoms with E-state index < -0.39 is 0 Å². The Morgan fingerprint density at radius 2 is 2.08 bits per heavy atom. The quantitative estimate of drug-likeness (QED) is 0.603.